The molecule has 46 heavy (non-hydrogen) atoms. The van der Waals surface area contributed by atoms with Crippen LogP contribution in [0.1, 0.15) is 143 Å². The van der Waals surface area contributed by atoms with Gasteiger partial charge in [-0.25, -0.2) is 4.79 Å². The van der Waals surface area contributed by atoms with E-state index in [1.807, 2.05) is 0 Å². The quantitative estimate of drug-likeness (QED) is 0.0811. The van der Waals surface area contributed by atoms with Crippen molar-refractivity contribution in [3.05, 3.63) is 11.3 Å². The smallest absolute Gasteiger partial charge is 0.334 e. The van der Waals surface area contributed by atoms with Gasteiger partial charge in [-0.1, -0.05) is 0 Å². The van der Waals surface area contributed by atoms with E-state index in [9.17, 15) is 9.90 Å². The predicted octanol–water partition coefficient (Wildman–Crippen LogP) is 7.90. The second-order valence-electron chi connectivity index (χ2n) is 17.0. The lowest BCUT2D eigenvalue weighted by molar-refractivity contribution is -0.261. The summed E-state index contributed by atoms with van der Waals surface area (Å²) in [7, 11) is 0. The van der Waals surface area contributed by atoms with Crippen LogP contribution < -0.4 is 0 Å². The van der Waals surface area contributed by atoms with Crippen molar-refractivity contribution in [3.63, 3.8) is 0 Å². The van der Waals surface area contributed by atoms with Crippen molar-refractivity contribution in [3.8, 4) is 0 Å². The highest BCUT2D eigenvalue weighted by Gasteiger charge is 2.66. The lowest BCUT2D eigenvalue weighted by Gasteiger charge is -2.66. The molecule has 4 saturated carbocycles. The summed E-state index contributed by atoms with van der Waals surface area (Å²) in [5.41, 5.74) is -0.499. The van der Waals surface area contributed by atoms with Crippen LogP contribution >= 0.6 is 0 Å². The number of ether oxygens (including phenoxy) is 6. The van der Waals surface area contributed by atoms with Crippen LogP contribution in [0.3, 0.4) is 0 Å². The highest BCUT2D eigenvalue weighted by Crippen LogP contribution is 2.68. The van der Waals surface area contributed by atoms with Gasteiger partial charge in [0.2, 0.25) is 0 Å². The molecule has 7 fully saturated rings. The molecule has 4 bridgehead atoms. The SMILES string of the molecule is CC(C(=O)O)=C(OCCCCC1(C)CCO1)C12CC3CC(OCCCCC4(C)CCO4)(CC(OCCCCC4(C)CCO4)(C3)C1)C2. The standard InChI is InChI=1S/C38H62O8/c1-29(32(39)40)31(41-17-8-5-11-33(2)14-20-42-33)36-23-30-24-37(26-36,45-18-9-6-12-34(3)15-21-43-34)28-38(25-30,27-36)46-19-10-7-13-35(4)16-22-44-35/h30H,5-28H2,1-4H3,(H,39,40). The van der Waals surface area contributed by atoms with Gasteiger partial charge in [0, 0.05) is 25.0 Å². The van der Waals surface area contributed by atoms with Gasteiger partial charge in [-0.2, -0.15) is 0 Å². The number of hydrogen-bond donors (Lipinski definition) is 1. The average Bonchev–Trinajstić information content (AvgIpc) is 2.94. The Kier molecular flexibility index (Phi) is 10.3. The van der Waals surface area contributed by atoms with Crippen LogP contribution in [-0.2, 0) is 33.2 Å². The Labute approximate surface area is 277 Å². The Morgan fingerprint density at radius 2 is 1.11 bits per heavy atom. The minimum atomic E-state index is -0.885. The number of allylic oxidation sites excluding steroid dienone is 1. The Bertz CT molecular complexity index is 1060. The van der Waals surface area contributed by atoms with E-state index in [4.69, 9.17) is 28.4 Å². The third kappa shape index (κ3) is 7.66. The maximum atomic E-state index is 12.5. The second kappa shape index (κ2) is 13.6. The number of carbonyl (C=O) groups is 1. The van der Waals surface area contributed by atoms with Crippen LogP contribution in [0.5, 0.6) is 0 Å². The molecule has 7 aliphatic rings. The zero-order valence-corrected chi connectivity index (χ0v) is 29.4. The Hall–Kier alpha value is -1.19. The molecule has 5 atom stereocenters. The van der Waals surface area contributed by atoms with Gasteiger partial charge < -0.3 is 33.5 Å². The van der Waals surface area contributed by atoms with E-state index in [1.54, 1.807) is 6.92 Å². The van der Waals surface area contributed by atoms with Crippen LogP contribution in [0.2, 0.25) is 0 Å². The number of aliphatic carboxylic acids is 1. The fourth-order valence-electron chi connectivity index (χ4n) is 10.1. The molecule has 3 aliphatic heterocycles. The van der Waals surface area contributed by atoms with E-state index >= 15 is 0 Å². The second-order valence-corrected chi connectivity index (χ2v) is 17.0. The first-order valence-electron chi connectivity index (χ1n) is 18.7. The maximum Gasteiger partial charge on any atom is 0.334 e. The molecule has 262 valence electrons. The van der Waals surface area contributed by atoms with E-state index in [0.717, 1.165) is 149 Å². The molecule has 4 aliphatic carbocycles. The molecule has 0 aromatic carbocycles. The van der Waals surface area contributed by atoms with Gasteiger partial charge in [-0.3, -0.25) is 0 Å². The lowest BCUT2D eigenvalue weighted by atomic mass is 9.45. The van der Waals surface area contributed by atoms with Gasteiger partial charge in [-0.15, -0.1) is 0 Å². The predicted molar refractivity (Wildman–Crippen MR) is 176 cm³/mol. The van der Waals surface area contributed by atoms with Gasteiger partial charge in [0.1, 0.15) is 5.76 Å². The van der Waals surface area contributed by atoms with E-state index in [1.165, 1.54) is 0 Å². The summed E-state index contributed by atoms with van der Waals surface area (Å²) in [6, 6.07) is 0. The molecule has 0 amide bonds. The molecule has 1 N–H and O–H groups in total. The van der Waals surface area contributed by atoms with Gasteiger partial charge in [0.15, 0.2) is 0 Å². The number of hydrogen-bond acceptors (Lipinski definition) is 7. The summed E-state index contributed by atoms with van der Waals surface area (Å²) in [5.74, 6) is 0.252. The van der Waals surface area contributed by atoms with E-state index in [0.29, 0.717) is 23.9 Å². The molecule has 0 spiro atoms. The molecule has 3 heterocycles. The van der Waals surface area contributed by atoms with Crippen LogP contribution in [0.25, 0.3) is 0 Å². The Balaban J connectivity index is 1.14. The topological polar surface area (TPSA) is 92.7 Å². The largest absolute Gasteiger partial charge is 0.497 e. The summed E-state index contributed by atoms with van der Waals surface area (Å²) in [5, 5.41) is 10.3. The van der Waals surface area contributed by atoms with Crippen molar-refractivity contribution >= 4 is 5.97 Å². The third-order valence-electron chi connectivity index (χ3n) is 12.7. The van der Waals surface area contributed by atoms with Gasteiger partial charge in [0.25, 0.3) is 0 Å². The van der Waals surface area contributed by atoms with Crippen molar-refractivity contribution in [1.29, 1.82) is 0 Å². The van der Waals surface area contributed by atoms with Crippen molar-refractivity contribution in [1.82, 2.24) is 0 Å². The first-order chi connectivity index (χ1) is 21.9. The van der Waals surface area contributed by atoms with E-state index in [-0.39, 0.29) is 33.4 Å². The zero-order valence-electron chi connectivity index (χ0n) is 29.4. The molecule has 8 nitrogen and oxygen atoms in total. The number of unbranched alkanes of at least 4 members (excludes halogenated alkanes) is 3. The van der Waals surface area contributed by atoms with Crippen molar-refractivity contribution < 1.29 is 38.3 Å². The number of carboxylic acids is 1. The van der Waals surface area contributed by atoms with Gasteiger partial charge >= 0.3 is 5.97 Å². The number of rotatable bonds is 20. The summed E-state index contributed by atoms with van der Waals surface area (Å²) in [6.07, 6.45) is 18.3. The van der Waals surface area contributed by atoms with Crippen molar-refractivity contribution in [2.75, 3.05) is 39.6 Å². The first kappa shape index (κ1) is 34.7. The molecular weight excluding hydrogens is 584 g/mol. The van der Waals surface area contributed by atoms with Crippen molar-refractivity contribution in [2.45, 2.75) is 171 Å². The molecule has 7 rings (SSSR count). The number of carboxylic acid groups (broad SMARTS) is 1. The minimum absolute atomic E-state index is 0.00818. The molecule has 0 aromatic rings. The molecular formula is C38H62O8. The minimum Gasteiger partial charge on any atom is -0.497 e. The van der Waals surface area contributed by atoms with Crippen molar-refractivity contribution in [2.24, 2.45) is 11.3 Å². The average molecular weight is 647 g/mol. The van der Waals surface area contributed by atoms with E-state index < -0.39 is 5.97 Å². The highest BCUT2D eigenvalue weighted by atomic mass is 16.5. The Morgan fingerprint density at radius 1 is 0.674 bits per heavy atom. The summed E-state index contributed by atoms with van der Waals surface area (Å²) < 4.78 is 38.0. The lowest BCUT2D eigenvalue weighted by Crippen LogP contribution is -2.65. The fourth-order valence-corrected chi connectivity index (χ4v) is 10.1. The maximum absolute atomic E-state index is 12.5. The monoisotopic (exact) mass is 646 g/mol. The summed E-state index contributed by atoms with van der Waals surface area (Å²) in [6.45, 7) is 13.0. The van der Waals surface area contributed by atoms with Crippen LogP contribution in [0.15, 0.2) is 11.3 Å². The van der Waals surface area contributed by atoms with Gasteiger partial charge in [-0.05, 0) is 143 Å². The van der Waals surface area contributed by atoms with E-state index in [2.05, 4.69) is 20.8 Å². The normalized spacial score (nSPS) is 41.3. The summed E-state index contributed by atoms with van der Waals surface area (Å²) >= 11 is 0. The first-order valence-corrected chi connectivity index (χ1v) is 18.7. The third-order valence-corrected chi connectivity index (χ3v) is 12.7. The highest BCUT2D eigenvalue weighted by molar-refractivity contribution is 5.86. The van der Waals surface area contributed by atoms with Crippen LogP contribution in [0, 0.1) is 11.3 Å². The summed E-state index contributed by atoms with van der Waals surface area (Å²) in [4.78, 5) is 12.5. The zero-order chi connectivity index (χ0) is 32.5. The van der Waals surface area contributed by atoms with Gasteiger partial charge in [0.05, 0.1) is 60.0 Å². The van der Waals surface area contributed by atoms with Crippen LogP contribution in [-0.4, -0.2) is 78.7 Å². The fraction of sp³-hybridized carbons (Fsp3) is 0.921. The molecule has 8 heteroatoms. The Morgan fingerprint density at radius 3 is 1.50 bits per heavy atom. The molecule has 5 unspecified atom stereocenters. The molecule has 0 radical (unpaired) electrons. The van der Waals surface area contributed by atoms with Crippen LogP contribution in [0.4, 0.5) is 0 Å². The molecule has 0 aromatic heterocycles. The molecule has 3 saturated heterocycles.